The number of carbonyl (C=O) groups excluding carboxylic acids is 1. The summed E-state index contributed by atoms with van der Waals surface area (Å²) in [6, 6.07) is 0.0738. The first-order valence-electron chi connectivity index (χ1n) is 7.02. The van der Waals surface area contributed by atoms with Crippen LogP contribution in [-0.2, 0) is 9.53 Å². The summed E-state index contributed by atoms with van der Waals surface area (Å²) >= 11 is 0. The maximum absolute atomic E-state index is 11.6. The maximum atomic E-state index is 11.6. The molecule has 0 aliphatic heterocycles. The molecule has 0 aromatic carbocycles. The molecule has 1 rings (SSSR count). The van der Waals surface area contributed by atoms with Gasteiger partial charge in [0.1, 0.15) is 6.61 Å². The van der Waals surface area contributed by atoms with Crippen molar-refractivity contribution in [2.45, 2.75) is 51.0 Å². The van der Waals surface area contributed by atoms with E-state index < -0.39 is 5.97 Å². The normalized spacial score (nSPS) is 17.3. The first kappa shape index (κ1) is 15.8. The molecule has 0 aromatic heterocycles. The topological polar surface area (TPSA) is 87.7 Å². The molecule has 2 amide bonds. The molecule has 0 atom stereocenters. The fraction of sp³-hybridized carbons (Fsp3) is 0.846. The molecule has 0 spiro atoms. The van der Waals surface area contributed by atoms with Crippen molar-refractivity contribution in [2.24, 2.45) is 0 Å². The number of carboxylic acids is 1. The lowest BCUT2D eigenvalue weighted by atomic mass is 9.97. The van der Waals surface area contributed by atoms with Crippen LogP contribution in [0.25, 0.3) is 0 Å². The summed E-state index contributed by atoms with van der Waals surface area (Å²) < 4.78 is 4.83. The Morgan fingerprint density at radius 2 is 1.74 bits per heavy atom. The number of hydrogen-bond acceptors (Lipinski definition) is 3. The van der Waals surface area contributed by atoms with Gasteiger partial charge in [-0.2, -0.15) is 0 Å². The van der Waals surface area contributed by atoms with E-state index in [1.165, 1.54) is 32.1 Å². The van der Waals surface area contributed by atoms with Crippen LogP contribution in [0.5, 0.6) is 0 Å². The summed E-state index contributed by atoms with van der Waals surface area (Å²) in [4.78, 5) is 21.8. The van der Waals surface area contributed by atoms with E-state index in [0.29, 0.717) is 6.54 Å². The van der Waals surface area contributed by atoms with Gasteiger partial charge >= 0.3 is 12.0 Å². The Hall–Kier alpha value is -1.30. The van der Waals surface area contributed by atoms with Crippen LogP contribution < -0.4 is 10.6 Å². The van der Waals surface area contributed by atoms with Crippen LogP contribution in [0, 0.1) is 0 Å². The van der Waals surface area contributed by atoms with E-state index in [4.69, 9.17) is 9.84 Å². The zero-order valence-electron chi connectivity index (χ0n) is 11.3. The number of ether oxygens (including phenoxy) is 1. The molecule has 0 aromatic rings. The lowest BCUT2D eigenvalue weighted by molar-refractivity contribution is -0.142. The molecule has 0 radical (unpaired) electrons. The van der Waals surface area contributed by atoms with Crippen molar-refractivity contribution in [3.05, 3.63) is 0 Å². The average Bonchev–Trinajstić information content (AvgIpc) is 2.31. The van der Waals surface area contributed by atoms with Gasteiger partial charge in [-0.3, -0.25) is 0 Å². The Bertz CT molecular complexity index is 276. The summed E-state index contributed by atoms with van der Waals surface area (Å²) in [5.74, 6) is -1.00. The molecular weight excluding hydrogens is 248 g/mol. The molecule has 6 heteroatoms. The minimum absolute atomic E-state index is 0.190. The molecule has 1 fully saturated rings. The summed E-state index contributed by atoms with van der Waals surface area (Å²) in [6.45, 7) is 0.210. The van der Waals surface area contributed by atoms with Crippen LogP contribution in [0.3, 0.4) is 0 Å². The second-order valence-corrected chi connectivity index (χ2v) is 4.89. The van der Waals surface area contributed by atoms with E-state index in [1.54, 1.807) is 0 Å². The van der Waals surface area contributed by atoms with E-state index in [1.807, 2.05) is 0 Å². The number of nitrogens with one attached hydrogen (secondary N) is 2. The summed E-state index contributed by atoms with van der Waals surface area (Å²) in [5.41, 5.74) is 0. The zero-order chi connectivity index (χ0) is 13.9. The molecule has 6 nitrogen and oxygen atoms in total. The van der Waals surface area contributed by atoms with Gasteiger partial charge in [0.2, 0.25) is 0 Å². The second-order valence-electron chi connectivity index (χ2n) is 4.89. The van der Waals surface area contributed by atoms with Crippen molar-refractivity contribution in [3.63, 3.8) is 0 Å². The number of aliphatic carboxylic acids is 1. The number of hydrogen-bond donors (Lipinski definition) is 3. The van der Waals surface area contributed by atoms with Crippen LogP contribution in [-0.4, -0.2) is 42.9 Å². The SMILES string of the molecule is O=C(O)COCCNC(=O)NC1CCCCCCC1. The van der Waals surface area contributed by atoms with Crippen molar-refractivity contribution < 1.29 is 19.4 Å². The minimum atomic E-state index is -1.00. The molecule has 1 aliphatic rings. The van der Waals surface area contributed by atoms with Gasteiger partial charge in [0, 0.05) is 12.6 Å². The summed E-state index contributed by atoms with van der Waals surface area (Å²) in [5, 5.41) is 14.0. The Labute approximate surface area is 113 Å². The lowest BCUT2D eigenvalue weighted by Gasteiger charge is -2.21. The Kier molecular flexibility index (Phi) is 7.97. The van der Waals surface area contributed by atoms with Gasteiger partial charge in [0.15, 0.2) is 0 Å². The van der Waals surface area contributed by atoms with E-state index in [9.17, 15) is 9.59 Å². The predicted molar refractivity (Wildman–Crippen MR) is 71.1 cm³/mol. The van der Waals surface area contributed by atoms with Crippen molar-refractivity contribution in [2.75, 3.05) is 19.8 Å². The van der Waals surface area contributed by atoms with Gasteiger partial charge < -0.3 is 20.5 Å². The van der Waals surface area contributed by atoms with Gasteiger partial charge in [-0.25, -0.2) is 9.59 Å². The first-order valence-corrected chi connectivity index (χ1v) is 7.02. The molecule has 1 aliphatic carbocycles. The number of rotatable bonds is 6. The average molecular weight is 272 g/mol. The summed E-state index contributed by atoms with van der Waals surface area (Å²) in [7, 11) is 0. The van der Waals surface area contributed by atoms with E-state index >= 15 is 0 Å². The standard InChI is InChI=1S/C13H24N2O4/c16-12(17)10-19-9-8-14-13(18)15-11-6-4-2-1-3-5-7-11/h11H,1-10H2,(H,16,17)(H2,14,15,18). The smallest absolute Gasteiger partial charge is 0.329 e. The van der Waals surface area contributed by atoms with Crippen molar-refractivity contribution >= 4 is 12.0 Å². The number of urea groups is 1. The number of carbonyl (C=O) groups is 2. The third kappa shape index (κ3) is 8.42. The fourth-order valence-electron chi connectivity index (χ4n) is 2.23. The third-order valence-electron chi connectivity index (χ3n) is 3.20. The molecule has 0 bridgehead atoms. The Balaban J connectivity index is 2.06. The molecular formula is C13H24N2O4. The van der Waals surface area contributed by atoms with Gasteiger partial charge in [-0.05, 0) is 12.8 Å². The van der Waals surface area contributed by atoms with E-state index in [2.05, 4.69) is 10.6 Å². The van der Waals surface area contributed by atoms with Crippen molar-refractivity contribution in [1.29, 1.82) is 0 Å². The molecule has 0 saturated heterocycles. The van der Waals surface area contributed by atoms with Gasteiger partial charge in [-0.15, -0.1) is 0 Å². The third-order valence-corrected chi connectivity index (χ3v) is 3.20. The zero-order valence-corrected chi connectivity index (χ0v) is 11.3. The monoisotopic (exact) mass is 272 g/mol. The number of amides is 2. The van der Waals surface area contributed by atoms with Gasteiger partial charge in [0.25, 0.3) is 0 Å². The van der Waals surface area contributed by atoms with Gasteiger partial charge in [-0.1, -0.05) is 32.1 Å². The molecule has 19 heavy (non-hydrogen) atoms. The largest absolute Gasteiger partial charge is 0.480 e. The lowest BCUT2D eigenvalue weighted by Crippen LogP contribution is -2.43. The molecule has 1 saturated carbocycles. The Morgan fingerprint density at radius 3 is 2.37 bits per heavy atom. The maximum Gasteiger partial charge on any atom is 0.329 e. The first-order chi connectivity index (χ1) is 9.18. The highest BCUT2D eigenvalue weighted by atomic mass is 16.5. The second kappa shape index (κ2) is 9.61. The molecule has 0 heterocycles. The molecule has 110 valence electrons. The van der Waals surface area contributed by atoms with Crippen LogP contribution in [0.15, 0.2) is 0 Å². The highest BCUT2D eigenvalue weighted by Gasteiger charge is 2.13. The van der Waals surface area contributed by atoms with Crippen LogP contribution in [0.2, 0.25) is 0 Å². The minimum Gasteiger partial charge on any atom is -0.480 e. The van der Waals surface area contributed by atoms with Crippen molar-refractivity contribution in [1.82, 2.24) is 10.6 Å². The van der Waals surface area contributed by atoms with Crippen LogP contribution in [0.4, 0.5) is 4.79 Å². The van der Waals surface area contributed by atoms with E-state index in [0.717, 1.165) is 12.8 Å². The number of carboxylic acid groups (broad SMARTS) is 1. The highest BCUT2D eigenvalue weighted by molar-refractivity contribution is 5.74. The quantitative estimate of drug-likeness (QED) is 0.639. The molecule has 0 unspecified atom stereocenters. The molecule has 3 N–H and O–H groups in total. The van der Waals surface area contributed by atoms with Crippen LogP contribution in [0.1, 0.15) is 44.9 Å². The van der Waals surface area contributed by atoms with Crippen molar-refractivity contribution in [3.8, 4) is 0 Å². The van der Waals surface area contributed by atoms with Crippen LogP contribution >= 0.6 is 0 Å². The summed E-state index contributed by atoms with van der Waals surface area (Å²) in [6.07, 6.45) is 8.25. The van der Waals surface area contributed by atoms with Gasteiger partial charge in [0.05, 0.1) is 6.61 Å². The predicted octanol–water partition coefficient (Wildman–Crippen LogP) is 1.50. The fourth-order valence-corrected chi connectivity index (χ4v) is 2.23. The highest BCUT2D eigenvalue weighted by Crippen LogP contribution is 2.16. The Morgan fingerprint density at radius 1 is 1.11 bits per heavy atom. The van der Waals surface area contributed by atoms with E-state index in [-0.39, 0.29) is 25.3 Å².